The molecule has 1 aliphatic rings. The van der Waals surface area contributed by atoms with E-state index in [0.29, 0.717) is 12.8 Å². The second-order valence-corrected chi connectivity index (χ2v) is 4.51. The van der Waals surface area contributed by atoms with Crippen molar-refractivity contribution >= 4 is 17.0 Å². The molecule has 70 valence electrons. The van der Waals surface area contributed by atoms with E-state index in [2.05, 4.69) is 0 Å². The van der Waals surface area contributed by atoms with Crippen molar-refractivity contribution in [1.29, 1.82) is 0 Å². The lowest BCUT2D eigenvalue weighted by Crippen LogP contribution is -2.57. The third kappa shape index (κ3) is 1.27. The summed E-state index contributed by atoms with van der Waals surface area (Å²) >= 11 is 0. The van der Waals surface area contributed by atoms with Gasteiger partial charge in [0.25, 0.3) is 0 Å². The molecule has 0 aliphatic heterocycles. The first-order valence-corrected chi connectivity index (χ1v) is 5.33. The molecular formula is C7H13NO3S. The Morgan fingerprint density at radius 3 is 2.17 bits per heavy atom. The van der Waals surface area contributed by atoms with Crippen molar-refractivity contribution in [3.8, 4) is 0 Å². The van der Waals surface area contributed by atoms with Gasteiger partial charge in [0.05, 0.1) is 11.0 Å². The number of nitrogens with zero attached hydrogens (tertiary/aromatic N) is 1. The third-order valence-electron chi connectivity index (χ3n) is 2.57. The summed E-state index contributed by atoms with van der Waals surface area (Å²) < 4.78 is 12.5. The quantitative estimate of drug-likeness (QED) is 0.694. The molecule has 0 aromatic heterocycles. The summed E-state index contributed by atoms with van der Waals surface area (Å²) in [7, 11) is 0.404. The molecule has 0 saturated heterocycles. The molecule has 12 heavy (non-hydrogen) atoms. The molecule has 0 radical (unpaired) electrons. The fourth-order valence-electron chi connectivity index (χ4n) is 1.42. The van der Waals surface area contributed by atoms with E-state index in [-0.39, 0.29) is 0 Å². The minimum atomic E-state index is -1.20. The van der Waals surface area contributed by atoms with Crippen LogP contribution in [0.4, 0.5) is 0 Å². The van der Waals surface area contributed by atoms with E-state index >= 15 is 0 Å². The summed E-state index contributed by atoms with van der Waals surface area (Å²) in [4.78, 5) is 10.9. The van der Waals surface area contributed by atoms with Crippen LogP contribution in [0.5, 0.6) is 0 Å². The highest BCUT2D eigenvalue weighted by molar-refractivity contribution is 7.81. The molecule has 1 atom stereocenters. The number of hydrogen-bond acceptors (Lipinski definition) is 2. The SMILES string of the molecule is CN(S(C)=O)C1(C(=O)O)CCC1. The van der Waals surface area contributed by atoms with Gasteiger partial charge in [0.1, 0.15) is 5.54 Å². The van der Waals surface area contributed by atoms with Crippen LogP contribution in [0.3, 0.4) is 0 Å². The van der Waals surface area contributed by atoms with Crippen molar-refractivity contribution in [2.45, 2.75) is 24.8 Å². The van der Waals surface area contributed by atoms with E-state index in [4.69, 9.17) is 5.11 Å². The summed E-state index contributed by atoms with van der Waals surface area (Å²) in [5.41, 5.74) is -0.848. The summed E-state index contributed by atoms with van der Waals surface area (Å²) in [5.74, 6) is -0.855. The number of rotatable bonds is 3. The second-order valence-electron chi connectivity index (χ2n) is 3.11. The molecule has 1 fully saturated rings. The van der Waals surface area contributed by atoms with Gasteiger partial charge in [-0.1, -0.05) is 0 Å². The van der Waals surface area contributed by atoms with Crippen LogP contribution in [-0.4, -0.2) is 38.4 Å². The number of hydrogen-bond donors (Lipinski definition) is 1. The van der Waals surface area contributed by atoms with E-state index < -0.39 is 22.5 Å². The maximum absolute atomic E-state index is 11.1. The van der Waals surface area contributed by atoms with Gasteiger partial charge in [-0.2, -0.15) is 0 Å². The normalized spacial score (nSPS) is 23.2. The Bertz CT molecular complexity index is 225. The van der Waals surface area contributed by atoms with Crippen molar-refractivity contribution in [2.24, 2.45) is 0 Å². The minimum absolute atomic E-state index is 0.610. The molecule has 1 N–H and O–H groups in total. The van der Waals surface area contributed by atoms with Crippen LogP contribution in [-0.2, 0) is 15.8 Å². The van der Waals surface area contributed by atoms with E-state index in [1.807, 2.05) is 0 Å². The Balaban J connectivity index is 2.80. The highest BCUT2D eigenvalue weighted by Gasteiger charge is 2.49. The van der Waals surface area contributed by atoms with Gasteiger partial charge in [0, 0.05) is 13.3 Å². The van der Waals surface area contributed by atoms with Crippen molar-refractivity contribution in [1.82, 2.24) is 4.31 Å². The van der Waals surface area contributed by atoms with Crippen LogP contribution in [0.15, 0.2) is 0 Å². The zero-order chi connectivity index (χ0) is 9.35. The topological polar surface area (TPSA) is 57.6 Å². The number of carboxylic acid groups (broad SMARTS) is 1. The lowest BCUT2D eigenvalue weighted by Gasteiger charge is -2.43. The van der Waals surface area contributed by atoms with E-state index in [9.17, 15) is 9.00 Å². The Morgan fingerprint density at radius 1 is 1.58 bits per heavy atom. The Morgan fingerprint density at radius 2 is 2.08 bits per heavy atom. The first-order chi connectivity index (χ1) is 5.50. The van der Waals surface area contributed by atoms with Crippen LogP contribution in [0.25, 0.3) is 0 Å². The van der Waals surface area contributed by atoms with Crippen molar-refractivity contribution in [2.75, 3.05) is 13.3 Å². The predicted molar refractivity (Wildman–Crippen MR) is 46.0 cm³/mol. The number of carbonyl (C=O) groups is 1. The van der Waals surface area contributed by atoms with Gasteiger partial charge in [-0.05, 0) is 19.3 Å². The van der Waals surface area contributed by atoms with Crippen molar-refractivity contribution in [3.63, 3.8) is 0 Å². The zero-order valence-corrected chi connectivity index (χ0v) is 8.06. The fraction of sp³-hybridized carbons (Fsp3) is 0.857. The van der Waals surface area contributed by atoms with Gasteiger partial charge in [-0.15, -0.1) is 0 Å². The monoisotopic (exact) mass is 191 g/mol. The Labute approximate surface area is 74.1 Å². The number of aliphatic carboxylic acids is 1. The Kier molecular flexibility index (Phi) is 2.53. The largest absolute Gasteiger partial charge is 0.480 e. The van der Waals surface area contributed by atoms with Crippen LogP contribution >= 0.6 is 0 Å². The molecule has 1 unspecified atom stereocenters. The fourth-order valence-corrected chi connectivity index (χ4v) is 2.17. The molecule has 0 amide bonds. The third-order valence-corrected chi connectivity index (χ3v) is 3.69. The van der Waals surface area contributed by atoms with Crippen molar-refractivity contribution in [3.05, 3.63) is 0 Å². The summed E-state index contributed by atoms with van der Waals surface area (Å²) in [6, 6.07) is 0. The van der Waals surface area contributed by atoms with Gasteiger partial charge in [-0.25, -0.2) is 8.51 Å². The van der Waals surface area contributed by atoms with Crippen LogP contribution < -0.4 is 0 Å². The molecule has 1 saturated carbocycles. The minimum Gasteiger partial charge on any atom is -0.480 e. The lowest BCUT2D eigenvalue weighted by molar-refractivity contribution is -0.152. The molecule has 0 spiro atoms. The average molecular weight is 191 g/mol. The van der Waals surface area contributed by atoms with Gasteiger partial charge < -0.3 is 5.11 Å². The van der Waals surface area contributed by atoms with E-state index in [1.165, 1.54) is 10.6 Å². The molecular weight excluding hydrogens is 178 g/mol. The highest BCUT2D eigenvalue weighted by atomic mass is 32.2. The molecule has 4 nitrogen and oxygen atoms in total. The Hall–Kier alpha value is -0.420. The molecule has 0 bridgehead atoms. The first kappa shape index (κ1) is 9.67. The van der Waals surface area contributed by atoms with Gasteiger partial charge >= 0.3 is 5.97 Å². The maximum atomic E-state index is 11.1. The first-order valence-electron chi connectivity index (χ1n) is 3.81. The molecule has 0 aromatic rings. The number of carboxylic acids is 1. The second kappa shape index (κ2) is 3.14. The maximum Gasteiger partial charge on any atom is 0.325 e. The molecule has 0 aromatic carbocycles. The number of likely N-dealkylation sites (N-methyl/N-ethyl adjacent to an activating group) is 1. The predicted octanol–water partition coefficient (Wildman–Crippen LogP) is 0.219. The van der Waals surface area contributed by atoms with E-state index in [0.717, 1.165) is 6.42 Å². The standard InChI is InChI=1S/C7H13NO3S/c1-8(12(2)11)7(6(9)10)4-3-5-7/h3-5H2,1-2H3,(H,9,10). The molecule has 0 heterocycles. The summed E-state index contributed by atoms with van der Waals surface area (Å²) in [6.07, 6.45) is 3.63. The molecule has 1 rings (SSSR count). The molecule has 5 heteroatoms. The van der Waals surface area contributed by atoms with Crippen LogP contribution in [0.1, 0.15) is 19.3 Å². The van der Waals surface area contributed by atoms with Crippen LogP contribution in [0.2, 0.25) is 0 Å². The molecule has 1 aliphatic carbocycles. The highest BCUT2D eigenvalue weighted by Crippen LogP contribution is 2.37. The van der Waals surface area contributed by atoms with Gasteiger partial charge in [0.15, 0.2) is 0 Å². The average Bonchev–Trinajstić information content (AvgIpc) is 1.83. The van der Waals surface area contributed by atoms with Crippen molar-refractivity contribution < 1.29 is 14.1 Å². The summed E-state index contributed by atoms with van der Waals surface area (Å²) in [5, 5.41) is 8.93. The lowest BCUT2D eigenvalue weighted by atomic mass is 9.77. The zero-order valence-electron chi connectivity index (χ0n) is 7.24. The van der Waals surface area contributed by atoms with E-state index in [1.54, 1.807) is 7.05 Å². The summed E-state index contributed by atoms with van der Waals surface area (Å²) in [6.45, 7) is 0. The van der Waals surface area contributed by atoms with Crippen LogP contribution in [0, 0.1) is 0 Å². The van der Waals surface area contributed by atoms with Gasteiger partial charge in [-0.3, -0.25) is 4.79 Å². The van der Waals surface area contributed by atoms with Gasteiger partial charge in [0.2, 0.25) is 0 Å². The smallest absolute Gasteiger partial charge is 0.325 e.